The number of nitrogens with one attached hydrogen (secondary N) is 2. The second kappa shape index (κ2) is 9.42. The molecule has 0 aromatic heterocycles. The second-order valence-corrected chi connectivity index (χ2v) is 6.91. The van der Waals surface area contributed by atoms with Gasteiger partial charge in [0.2, 0.25) is 0 Å². The number of carbonyl (C=O) groups excluding carboxylic acids is 2. The summed E-state index contributed by atoms with van der Waals surface area (Å²) in [4.78, 5) is 24.8. The van der Waals surface area contributed by atoms with E-state index in [0.717, 1.165) is 18.4 Å². The first-order valence-corrected chi connectivity index (χ1v) is 9.11. The minimum Gasteiger partial charge on any atom is -0.399 e. The number of nitrogens with two attached hydrogens (primary N) is 1. The Hall–Kier alpha value is -2.53. The third-order valence-electron chi connectivity index (χ3n) is 4.85. The van der Waals surface area contributed by atoms with E-state index in [9.17, 15) is 9.59 Å². The molecule has 3 rings (SSSR count). The number of hydrogen-bond donors (Lipinski definition) is 3. The fraction of sp³-hybridized carbons (Fsp3) is 0.333. The van der Waals surface area contributed by atoms with Gasteiger partial charge < -0.3 is 16.4 Å². The molecule has 0 unspecified atom stereocenters. The zero-order chi connectivity index (χ0) is 18.5. The fourth-order valence-corrected chi connectivity index (χ4v) is 3.30. The minimum atomic E-state index is -0.214. The van der Waals surface area contributed by atoms with Crippen LogP contribution >= 0.6 is 12.4 Å². The van der Waals surface area contributed by atoms with Gasteiger partial charge in [-0.15, -0.1) is 12.4 Å². The first kappa shape index (κ1) is 20.8. The van der Waals surface area contributed by atoms with Gasteiger partial charge in [-0.2, -0.15) is 0 Å². The molecule has 0 heterocycles. The quantitative estimate of drug-likeness (QED) is 0.683. The molecule has 1 aliphatic rings. The maximum Gasteiger partial charge on any atom is 0.256 e. The Labute approximate surface area is 166 Å². The Balaban J connectivity index is 0.00000261. The number of hydrogen-bond acceptors (Lipinski definition) is 3. The van der Waals surface area contributed by atoms with Gasteiger partial charge in [-0.3, -0.25) is 9.59 Å². The SMILES string of the molecule is Cc1ccc(N)cc1C(=O)Nc1ccc(C(=O)NC2CCCCC2)cc1.Cl. The average Bonchev–Trinajstić information content (AvgIpc) is 2.65. The number of nitrogen functional groups attached to an aromatic ring is 1. The molecule has 2 aromatic rings. The van der Waals surface area contributed by atoms with E-state index in [1.54, 1.807) is 36.4 Å². The standard InChI is InChI=1S/C21H25N3O2.ClH/c1-14-7-10-16(22)13-19(14)21(26)24-18-11-8-15(9-12-18)20(25)23-17-5-3-2-4-6-17;/h7-13,17H,2-6,22H2,1H3,(H,23,25)(H,24,26);1H. The molecule has 6 heteroatoms. The summed E-state index contributed by atoms with van der Waals surface area (Å²) in [7, 11) is 0. The maximum absolute atomic E-state index is 12.4. The van der Waals surface area contributed by atoms with Crippen molar-refractivity contribution in [2.75, 3.05) is 11.1 Å². The molecule has 0 bridgehead atoms. The van der Waals surface area contributed by atoms with Crippen LogP contribution in [0.2, 0.25) is 0 Å². The molecule has 0 aliphatic heterocycles. The van der Waals surface area contributed by atoms with Crippen molar-refractivity contribution in [1.82, 2.24) is 5.32 Å². The topological polar surface area (TPSA) is 84.2 Å². The smallest absolute Gasteiger partial charge is 0.256 e. The predicted molar refractivity (Wildman–Crippen MR) is 112 cm³/mol. The predicted octanol–water partition coefficient (Wildman–Crippen LogP) is 4.31. The molecular formula is C21H26ClN3O2. The Morgan fingerprint density at radius 2 is 1.63 bits per heavy atom. The van der Waals surface area contributed by atoms with Crippen LogP contribution in [0.1, 0.15) is 58.4 Å². The highest BCUT2D eigenvalue weighted by Crippen LogP contribution is 2.19. The first-order valence-electron chi connectivity index (χ1n) is 9.11. The number of anilines is 2. The third kappa shape index (κ3) is 5.47. The first-order chi connectivity index (χ1) is 12.5. The lowest BCUT2D eigenvalue weighted by Gasteiger charge is -2.22. The molecule has 0 radical (unpaired) electrons. The van der Waals surface area contributed by atoms with Crippen molar-refractivity contribution in [1.29, 1.82) is 0 Å². The summed E-state index contributed by atoms with van der Waals surface area (Å²) >= 11 is 0. The van der Waals surface area contributed by atoms with E-state index in [-0.39, 0.29) is 30.3 Å². The van der Waals surface area contributed by atoms with Crippen molar-refractivity contribution in [2.45, 2.75) is 45.1 Å². The van der Waals surface area contributed by atoms with E-state index < -0.39 is 0 Å². The Morgan fingerprint density at radius 3 is 2.30 bits per heavy atom. The highest BCUT2D eigenvalue weighted by atomic mass is 35.5. The number of rotatable bonds is 4. The van der Waals surface area contributed by atoms with E-state index in [4.69, 9.17) is 5.73 Å². The van der Waals surface area contributed by atoms with Crippen molar-refractivity contribution < 1.29 is 9.59 Å². The zero-order valence-electron chi connectivity index (χ0n) is 15.5. The fourth-order valence-electron chi connectivity index (χ4n) is 3.30. The van der Waals surface area contributed by atoms with Gasteiger partial charge in [-0.25, -0.2) is 0 Å². The van der Waals surface area contributed by atoms with E-state index in [1.807, 2.05) is 13.0 Å². The summed E-state index contributed by atoms with van der Waals surface area (Å²) < 4.78 is 0. The lowest BCUT2D eigenvalue weighted by molar-refractivity contribution is 0.0927. The third-order valence-corrected chi connectivity index (χ3v) is 4.85. The van der Waals surface area contributed by atoms with E-state index in [0.29, 0.717) is 22.5 Å². The normalized spacial score (nSPS) is 14.1. The maximum atomic E-state index is 12.4. The summed E-state index contributed by atoms with van der Waals surface area (Å²) in [6.07, 6.45) is 5.73. The molecule has 4 N–H and O–H groups in total. The average molecular weight is 388 g/mol. The highest BCUT2D eigenvalue weighted by Gasteiger charge is 2.16. The Kier molecular flexibility index (Phi) is 7.25. The van der Waals surface area contributed by atoms with Crippen molar-refractivity contribution >= 4 is 35.6 Å². The summed E-state index contributed by atoms with van der Waals surface area (Å²) in [5, 5.41) is 5.94. The van der Waals surface area contributed by atoms with E-state index in [1.165, 1.54) is 19.3 Å². The lowest BCUT2D eigenvalue weighted by atomic mass is 9.95. The molecular weight excluding hydrogens is 362 g/mol. The van der Waals surface area contributed by atoms with Crippen LogP contribution in [0.25, 0.3) is 0 Å². The van der Waals surface area contributed by atoms with Gasteiger partial charge in [0, 0.05) is 28.5 Å². The largest absolute Gasteiger partial charge is 0.399 e. The van der Waals surface area contributed by atoms with Crippen LogP contribution in [-0.2, 0) is 0 Å². The minimum absolute atomic E-state index is 0. The Morgan fingerprint density at radius 1 is 0.963 bits per heavy atom. The van der Waals surface area contributed by atoms with Gasteiger partial charge in [0.25, 0.3) is 11.8 Å². The monoisotopic (exact) mass is 387 g/mol. The summed E-state index contributed by atoms with van der Waals surface area (Å²) in [6.45, 7) is 1.87. The number of amides is 2. The van der Waals surface area contributed by atoms with Crippen molar-refractivity contribution in [3.63, 3.8) is 0 Å². The van der Waals surface area contributed by atoms with Crippen molar-refractivity contribution in [2.24, 2.45) is 0 Å². The molecule has 1 saturated carbocycles. The number of carbonyl (C=O) groups is 2. The lowest BCUT2D eigenvalue weighted by Crippen LogP contribution is -2.36. The van der Waals surface area contributed by atoms with E-state index in [2.05, 4.69) is 10.6 Å². The van der Waals surface area contributed by atoms with Crippen LogP contribution < -0.4 is 16.4 Å². The number of aryl methyl sites for hydroxylation is 1. The van der Waals surface area contributed by atoms with Crippen molar-refractivity contribution in [3.8, 4) is 0 Å². The van der Waals surface area contributed by atoms with Gasteiger partial charge in [0.1, 0.15) is 0 Å². The molecule has 1 aliphatic carbocycles. The molecule has 5 nitrogen and oxygen atoms in total. The second-order valence-electron chi connectivity index (χ2n) is 6.91. The van der Waals surface area contributed by atoms with Crippen LogP contribution in [0.15, 0.2) is 42.5 Å². The van der Waals surface area contributed by atoms with Gasteiger partial charge >= 0.3 is 0 Å². The molecule has 144 valence electrons. The van der Waals surface area contributed by atoms with Crippen LogP contribution in [0, 0.1) is 6.92 Å². The molecule has 0 atom stereocenters. The van der Waals surface area contributed by atoms with Crippen LogP contribution in [0.3, 0.4) is 0 Å². The summed E-state index contributed by atoms with van der Waals surface area (Å²) in [5.41, 5.74) is 8.97. The molecule has 2 amide bonds. The van der Waals surface area contributed by atoms with E-state index >= 15 is 0 Å². The molecule has 1 fully saturated rings. The number of benzene rings is 2. The molecule has 27 heavy (non-hydrogen) atoms. The van der Waals surface area contributed by atoms with Gasteiger partial charge in [0.05, 0.1) is 0 Å². The zero-order valence-corrected chi connectivity index (χ0v) is 16.3. The molecule has 0 spiro atoms. The summed E-state index contributed by atoms with van der Waals surface area (Å²) in [5.74, 6) is -0.268. The van der Waals surface area contributed by atoms with Crippen LogP contribution in [0.4, 0.5) is 11.4 Å². The molecule has 2 aromatic carbocycles. The van der Waals surface area contributed by atoms with Gasteiger partial charge in [0.15, 0.2) is 0 Å². The Bertz CT molecular complexity index is 800. The van der Waals surface area contributed by atoms with Gasteiger partial charge in [-0.1, -0.05) is 25.3 Å². The number of halogens is 1. The van der Waals surface area contributed by atoms with Crippen LogP contribution in [-0.4, -0.2) is 17.9 Å². The van der Waals surface area contributed by atoms with Crippen molar-refractivity contribution in [3.05, 3.63) is 59.2 Å². The van der Waals surface area contributed by atoms with Gasteiger partial charge in [-0.05, 0) is 61.7 Å². The van der Waals surface area contributed by atoms with Crippen LogP contribution in [0.5, 0.6) is 0 Å². The molecule has 0 saturated heterocycles. The summed E-state index contributed by atoms with van der Waals surface area (Å²) in [6, 6.07) is 12.5. The highest BCUT2D eigenvalue weighted by molar-refractivity contribution is 6.06.